The van der Waals surface area contributed by atoms with Gasteiger partial charge in [0.15, 0.2) is 4.80 Å². The van der Waals surface area contributed by atoms with Crippen molar-refractivity contribution in [2.45, 2.75) is 25.3 Å². The number of aryl methyl sites for hydroxylation is 1. The fourth-order valence-electron chi connectivity index (χ4n) is 2.71. The predicted octanol–water partition coefficient (Wildman–Crippen LogP) is 4.58. The molecule has 0 aliphatic carbocycles. The van der Waals surface area contributed by atoms with Crippen LogP contribution in [-0.2, 0) is 6.54 Å². The number of fused-ring (bicyclic) bond motifs is 1. The molecule has 0 saturated carbocycles. The van der Waals surface area contributed by atoms with E-state index in [9.17, 15) is 4.79 Å². The van der Waals surface area contributed by atoms with E-state index in [-0.39, 0.29) is 5.91 Å². The summed E-state index contributed by atoms with van der Waals surface area (Å²) in [6, 6.07) is 13.6. The quantitative estimate of drug-likeness (QED) is 0.616. The van der Waals surface area contributed by atoms with Gasteiger partial charge in [-0.1, -0.05) is 36.5 Å². The van der Waals surface area contributed by atoms with Gasteiger partial charge in [-0.25, -0.2) is 0 Å². The molecule has 0 aliphatic rings. The number of methoxy groups -OCH3 is 1. The number of carbonyl (C=O) groups is 1. The van der Waals surface area contributed by atoms with Gasteiger partial charge in [-0.3, -0.25) is 4.79 Å². The number of aromatic nitrogens is 1. The lowest BCUT2D eigenvalue weighted by Crippen LogP contribution is -2.16. The first-order chi connectivity index (χ1) is 12.2. The van der Waals surface area contributed by atoms with E-state index in [1.165, 1.54) is 11.3 Å². The average molecular weight is 373 g/mol. The van der Waals surface area contributed by atoms with Gasteiger partial charge >= 0.3 is 0 Å². The molecule has 1 heterocycles. The minimum atomic E-state index is -0.204. The number of nitrogens with zero attached hydrogens (tertiary/aromatic N) is 2. The van der Waals surface area contributed by atoms with Crippen LogP contribution in [-0.4, -0.2) is 23.3 Å². The molecule has 0 unspecified atom stereocenters. The monoisotopic (exact) mass is 372 g/mol. The lowest BCUT2D eigenvalue weighted by molar-refractivity contribution is 0.0995. The van der Waals surface area contributed by atoms with Crippen molar-refractivity contribution in [2.24, 2.45) is 4.99 Å². The molecular weight excluding hydrogens is 352 g/mol. The van der Waals surface area contributed by atoms with Gasteiger partial charge < -0.3 is 9.30 Å². The third-order valence-electron chi connectivity index (χ3n) is 3.81. The van der Waals surface area contributed by atoms with E-state index < -0.39 is 0 Å². The van der Waals surface area contributed by atoms with E-state index in [2.05, 4.69) is 11.9 Å². The summed E-state index contributed by atoms with van der Waals surface area (Å²) in [6.45, 7) is 4.84. The molecule has 1 aromatic heterocycles. The smallest absolute Gasteiger partial charge is 0.280 e. The van der Waals surface area contributed by atoms with Gasteiger partial charge in [0.25, 0.3) is 5.91 Å². The van der Waals surface area contributed by atoms with E-state index >= 15 is 0 Å². The van der Waals surface area contributed by atoms with Crippen LogP contribution in [0, 0.1) is 0 Å². The van der Waals surface area contributed by atoms with Crippen LogP contribution in [0.15, 0.2) is 52.4 Å². The molecule has 0 atom stereocenters. The molecule has 0 fully saturated rings. The van der Waals surface area contributed by atoms with Gasteiger partial charge in [0.05, 0.1) is 17.4 Å². The highest BCUT2D eigenvalue weighted by Gasteiger charge is 2.13. The van der Waals surface area contributed by atoms with Crippen LogP contribution in [0.1, 0.15) is 24.2 Å². The standard InChI is InChI=1S/C19H20N2O2S2/c1-4-21-17-14(23-3)10-8-12-16(17)25-19(21)20-18(22)13-9-6-7-11-15(13)24-5-2/h6-12H,4-5H2,1-3H3. The van der Waals surface area contributed by atoms with Crippen molar-refractivity contribution in [1.29, 1.82) is 0 Å². The number of amides is 1. The molecule has 2 aromatic carbocycles. The van der Waals surface area contributed by atoms with Crippen LogP contribution >= 0.6 is 23.1 Å². The predicted molar refractivity (Wildman–Crippen MR) is 105 cm³/mol. The number of para-hydroxylation sites is 1. The van der Waals surface area contributed by atoms with Gasteiger partial charge in [-0.15, -0.1) is 11.8 Å². The molecule has 6 heteroatoms. The van der Waals surface area contributed by atoms with Crippen molar-refractivity contribution < 1.29 is 9.53 Å². The molecule has 4 nitrogen and oxygen atoms in total. The summed E-state index contributed by atoms with van der Waals surface area (Å²) in [6.07, 6.45) is 0. The topological polar surface area (TPSA) is 43.6 Å². The number of ether oxygens (including phenoxy) is 1. The van der Waals surface area contributed by atoms with Crippen molar-refractivity contribution >= 4 is 39.2 Å². The van der Waals surface area contributed by atoms with Gasteiger partial charge in [0, 0.05) is 11.4 Å². The van der Waals surface area contributed by atoms with Crippen LogP contribution in [0.4, 0.5) is 0 Å². The van der Waals surface area contributed by atoms with Gasteiger partial charge in [0.1, 0.15) is 11.3 Å². The maximum absolute atomic E-state index is 12.8. The summed E-state index contributed by atoms with van der Waals surface area (Å²) in [5.74, 6) is 1.51. The number of carbonyl (C=O) groups excluding carboxylic acids is 1. The molecule has 0 aliphatic heterocycles. The molecule has 3 rings (SSSR count). The van der Waals surface area contributed by atoms with Crippen LogP contribution in [0.5, 0.6) is 5.75 Å². The maximum Gasteiger partial charge on any atom is 0.280 e. The second-order valence-electron chi connectivity index (χ2n) is 5.28. The first kappa shape index (κ1) is 17.8. The zero-order valence-electron chi connectivity index (χ0n) is 14.5. The zero-order chi connectivity index (χ0) is 17.8. The molecule has 0 radical (unpaired) electrons. The average Bonchev–Trinajstić information content (AvgIpc) is 2.99. The second-order valence-corrected chi connectivity index (χ2v) is 7.60. The molecule has 0 spiro atoms. The first-order valence-electron chi connectivity index (χ1n) is 8.16. The van der Waals surface area contributed by atoms with E-state index in [0.29, 0.717) is 10.4 Å². The fraction of sp³-hybridized carbons (Fsp3) is 0.263. The molecule has 0 N–H and O–H groups in total. The summed E-state index contributed by atoms with van der Waals surface area (Å²) in [5, 5.41) is 0. The minimum absolute atomic E-state index is 0.204. The van der Waals surface area contributed by atoms with Crippen LogP contribution in [0.3, 0.4) is 0 Å². The SMILES string of the molecule is CCSc1ccccc1C(=O)N=c1sc2cccc(OC)c2n1CC. The van der Waals surface area contributed by atoms with Crippen molar-refractivity contribution in [1.82, 2.24) is 4.57 Å². The summed E-state index contributed by atoms with van der Waals surface area (Å²) >= 11 is 3.17. The highest BCUT2D eigenvalue weighted by atomic mass is 32.2. The Hall–Kier alpha value is -2.05. The highest BCUT2D eigenvalue weighted by molar-refractivity contribution is 7.99. The third-order valence-corrected chi connectivity index (χ3v) is 5.81. The van der Waals surface area contributed by atoms with Crippen LogP contribution < -0.4 is 9.54 Å². The van der Waals surface area contributed by atoms with Crippen molar-refractivity contribution in [2.75, 3.05) is 12.9 Å². The minimum Gasteiger partial charge on any atom is -0.495 e. The van der Waals surface area contributed by atoms with Gasteiger partial charge in [-0.05, 0) is 36.9 Å². The Morgan fingerprint density at radius 3 is 2.72 bits per heavy atom. The largest absolute Gasteiger partial charge is 0.495 e. The van der Waals surface area contributed by atoms with Crippen molar-refractivity contribution in [3.05, 3.63) is 52.8 Å². The molecule has 0 saturated heterocycles. The molecule has 0 bridgehead atoms. The summed E-state index contributed by atoms with van der Waals surface area (Å²) in [5.41, 5.74) is 1.64. The van der Waals surface area contributed by atoms with Gasteiger partial charge in [0.2, 0.25) is 0 Å². The number of benzene rings is 2. The van der Waals surface area contributed by atoms with Crippen molar-refractivity contribution in [3.63, 3.8) is 0 Å². The van der Waals surface area contributed by atoms with E-state index in [0.717, 1.165) is 33.2 Å². The van der Waals surface area contributed by atoms with Gasteiger partial charge in [-0.2, -0.15) is 4.99 Å². The number of thiazole rings is 1. The Bertz CT molecular complexity index is 973. The highest BCUT2D eigenvalue weighted by Crippen LogP contribution is 2.27. The molecule has 25 heavy (non-hydrogen) atoms. The molecule has 1 amide bonds. The second kappa shape index (κ2) is 7.89. The summed E-state index contributed by atoms with van der Waals surface area (Å²) in [4.78, 5) is 18.9. The summed E-state index contributed by atoms with van der Waals surface area (Å²) in [7, 11) is 1.66. The normalized spacial score (nSPS) is 11.9. The number of hydrogen-bond donors (Lipinski definition) is 0. The molecular formula is C19H20N2O2S2. The number of rotatable bonds is 5. The van der Waals surface area contributed by atoms with E-state index in [1.54, 1.807) is 18.9 Å². The van der Waals surface area contributed by atoms with Crippen LogP contribution in [0.25, 0.3) is 10.2 Å². The number of hydrogen-bond acceptors (Lipinski definition) is 4. The third kappa shape index (κ3) is 3.50. The Labute approximate surface area is 155 Å². The zero-order valence-corrected chi connectivity index (χ0v) is 16.1. The summed E-state index contributed by atoms with van der Waals surface area (Å²) < 4.78 is 8.57. The Morgan fingerprint density at radius 2 is 2.00 bits per heavy atom. The lowest BCUT2D eigenvalue weighted by atomic mass is 10.2. The Balaban J connectivity index is 2.15. The first-order valence-corrected chi connectivity index (χ1v) is 9.97. The molecule has 3 aromatic rings. The van der Waals surface area contributed by atoms with Crippen LogP contribution in [0.2, 0.25) is 0 Å². The number of thioether (sulfide) groups is 1. The Kier molecular flexibility index (Phi) is 5.60. The van der Waals surface area contributed by atoms with Crippen molar-refractivity contribution in [3.8, 4) is 5.75 Å². The maximum atomic E-state index is 12.8. The van der Waals surface area contributed by atoms with E-state index in [1.807, 2.05) is 54.0 Å². The lowest BCUT2D eigenvalue weighted by Gasteiger charge is -2.06. The Morgan fingerprint density at radius 1 is 1.20 bits per heavy atom. The molecule has 130 valence electrons. The fourth-order valence-corrected chi connectivity index (χ4v) is 4.62. The van der Waals surface area contributed by atoms with E-state index in [4.69, 9.17) is 4.74 Å².